The van der Waals surface area contributed by atoms with Gasteiger partial charge in [-0.25, -0.2) is 0 Å². The van der Waals surface area contributed by atoms with Crippen LogP contribution in [0, 0.1) is 5.53 Å². The molecule has 0 amide bonds. The average Bonchev–Trinajstić information content (AvgIpc) is 1.98. The summed E-state index contributed by atoms with van der Waals surface area (Å²) in [5, 5.41) is 7.93. The summed E-state index contributed by atoms with van der Waals surface area (Å²) in [6, 6.07) is 0. The van der Waals surface area contributed by atoms with Crippen molar-refractivity contribution in [3.05, 3.63) is 0 Å². The standard InChI is InChI=1S/C6H14N2O2.Cu/c1-2-3-4-5-6-8(7)10-9;/h7H,2-6H2,1H3;/q;+2/p+1. The molecule has 0 saturated heterocycles. The Hall–Kier alpha value is -0.121. The second-order valence-corrected chi connectivity index (χ2v) is 2.24. The summed E-state index contributed by atoms with van der Waals surface area (Å²) in [6.07, 6.45) is 4.35. The molecule has 0 saturated carbocycles. The van der Waals surface area contributed by atoms with Gasteiger partial charge in [-0.15, -0.1) is 5.26 Å². The predicted molar refractivity (Wildman–Crippen MR) is 35.7 cm³/mol. The van der Waals surface area contributed by atoms with E-state index in [-0.39, 0.29) is 17.1 Å². The van der Waals surface area contributed by atoms with E-state index in [9.17, 15) is 0 Å². The number of nitrogens with zero attached hydrogens (tertiary/aromatic N) is 1. The Kier molecular flexibility index (Phi) is 12.1. The van der Waals surface area contributed by atoms with Crippen molar-refractivity contribution in [3.8, 4) is 0 Å². The van der Waals surface area contributed by atoms with Gasteiger partial charge in [0.25, 0.3) is 0 Å². The minimum absolute atomic E-state index is 0. The summed E-state index contributed by atoms with van der Waals surface area (Å²) in [7, 11) is 0. The van der Waals surface area contributed by atoms with Crippen molar-refractivity contribution in [2.45, 2.75) is 32.6 Å². The minimum Gasteiger partial charge on any atom is -0.141 e. The molecule has 0 fully saturated rings. The third-order valence-electron chi connectivity index (χ3n) is 1.31. The normalized spacial score (nSPS) is 8.55. The van der Waals surface area contributed by atoms with E-state index < -0.39 is 0 Å². The Labute approximate surface area is 77.4 Å². The van der Waals surface area contributed by atoms with Gasteiger partial charge in [0.1, 0.15) is 4.86 Å². The van der Waals surface area contributed by atoms with Crippen molar-refractivity contribution in [1.29, 1.82) is 5.53 Å². The van der Waals surface area contributed by atoms with Crippen LogP contribution in [0.2, 0.25) is 0 Å². The first-order valence-corrected chi connectivity index (χ1v) is 3.61. The van der Waals surface area contributed by atoms with Gasteiger partial charge in [0.05, 0.1) is 0 Å². The van der Waals surface area contributed by atoms with Crippen molar-refractivity contribution in [3.63, 3.8) is 0 Å². The van der Waals surface area contributed by atoms with Crippen LogP contribution in [0.1, 0.15) is 32.6 Å². The van der Waals surface area contributed by atoms with Crippen LogP contribution in [-0.4, -0.2) is 16.7 Å². The maximum absolute atomic E-state index is 7.93. The molecule has 0 rings (SSSR count). The zero-order valence-corrected chi connectivity index (χ0v) is 7.58. The Morgan fingerprint density at radius 2 is 2.00 bits per heavy atom. The van der Waals surface area contributed by atoms with E-state index in [4.69, 9.17) is 10.8 Å². The summed E-state index contributed by atoms with van der Waals surface area (Å²) >= 11 is 0. The third kappa shape index (κ3) is 9.88. The van der Waals surface area contributed by atoms with Crippen LogP contribution in [-0.2, 0) is 22.1 Å². The molecule has 5 heteroatoms. The summed E-state index contributed by atoms with van der Waals surface area (Å²) in [5.41, 5.74) is 6.82. The summed E-state index contributed by atoms with van der Waals surface area (Å²) in [5.74, 6) is 0. The van der Waals surface area contributed by atoms with Gasteiger partial charge >= 0.3 is 17.1 Å². The molecule has 11 heavy (non-hydrogen) atoms. The SMILES string of the molecule is CCCCCC[N+](=N)OO.[Cu+2]. The molecule has 69 valence electrons. The van der Waals surface area contributed by atoms with Gasteiger partial charge in [0, 0.05) is 6.42 Å². The topological polar surface area (TPSA) is 56.3 Å². The van der Waals surface area contributed by atoms with Crippen LogP contribution in [0.15, 0.2) is 0 Å². The van der Waals surface area contributed by atoms with Gasteiger partial charge < -0.3 is 0 Å². The quantitative estimate of drug-likeness (QED) is 0.176. The molecule has 0 aliphatic carbocycles. The van der Waals surface area contributed by atoms with Gasteiger partial charge in [-0.2, -0.15) is 0 Å². The van der Waals surface area contributed by atoms with Gasteiger partial charge in [0.2, 0.25) is 6.54 Å². The molecular formula is C6H15CuN2O2+3. The maximum Gasteiger partial charge on any atom is 2.00 e. The van der Waals surface area contributed by atoms with Crippen LogP contribution in [0.3, 0.4) is 0 Å². The number of rotatable bonds is 6. The molecule has 4 nitrogen and oxygen atoms in total. The maximum atomic E-state index is 7.93. The first-order chi connectivity index (χ1) is 4.81. The molecule has 0 heterocycles. The first kappa shape index (κ1) is 13.5. The molecule has 0 aromatic rings. The fourth-order valence-corrected chi connectivity index (χ4v) is 0.723. The molecule has 0 bridgehead atoms. The molecule has 0 aliphatic rings. The van der Waals surface area contributed by atoms with Gasteiger partial charge in [0.15, 0.2) is 0 Å². The van der Waals surface area contributed by atoms with E-state index in [1.54, 1.807) is 0 Å². The zero-order chi connectivity index (χ0) is 7.82. The van der Waals surface area contributed by atoms with E-state index >= 15 is 0 Å². The van der Waals surface area contributed by atoms with Crippen LogP contribution < -0.4 is 0 Å². The van der Waals surface area contributed by atoms with Crippen molar-refractivity contribution < 1.29 is 32.2 Å². The molecule has 0 atom stereocenters. The van der Waals surface area contributed by atoms with E-state index in [1.807, 2.05) is 0 Å². The van der Waals surface area contributed by atoms with Gasteiger partial charge in [-0.3, -0.25) is 0 Å². The number of hydrogen-bond acceptors (Lipinski definition) is 3. The minimum atomic E-state index is 0. The first-order valence-electron chi connectivity index (χ1n) is 3.61. The van der Waals surface area contributed by atoms with Crippen LogP contribution >= 0.6 is 0 Å². The molecule has 0 unspecified atom stereocenters. The fraction of sp³-hybridized carbons (Fsp3) is 1.00. The van der Waals surface area contributed by atoms with Crippen LogP contribution in [0.5, 0.6) is 0 Å². The summed E-state index contributed by atoms with van der Waals surface area (Å²) in [4.78, 5) is 4.31. The van der Waals surface area contributed by atoms with Crippen molar-refractivity contribution >= 4 is 0 Å². The zero-order valence-electron chi connectivity index (χ0n) is 6.64. The van der Waals surface area contributed by atoms with Crippen LogP contribution in [0.4, 0.5) is 0 Å². The molecule has 1 radical (unpaired) electrons. The van der Waals surface area contributed by atoms with Gasteiger partial charge in [-0.1, -0.05) is 24.8 Å². The second-order valence-electron chi connectivity index (χ2n) is 2.24. The van der Waals surface area contributed by atoms with Gasteiger partial charge in [-0.05, 0) is 12.0 Å². The number of hydroxylamine groups is 1. The number of unbranched alkanes of at least 4 members (excludes halogenated alkanes) is 3. The average molecular weight is 211 g/mol. The van der Waals surface area contributed by atoms with E-state index in [2.05, 4.69) is 11.9 Å². The number of hydrogen-bond donors (Lipinski definition) is 2. The third-order valence-corrected chi connectivity index (χ3v) is 1.31. The van der Waals surface area contributed by atoms with E-state index in [0.717, 1.165) is 12.8 Å². The Morgan fingerprint density at radius 1 is 1.36 bits per heavy atom. The summed E-state index contributed by atoms with van der Waals surface area (Å²) in [6.45, 7) is 2.59. The number of nitrogens with one attached hydrogen (secondary N) is 1. The Bertz CT molecular complexity index is 101. The molecule has 0 aromatic heterocycles. The molecule has 0 aliphatic heterocycles. The van der Waals surface area contributed by atoms with Crippen molar-refractivity contribution in [1.82, 2.24) is 0 Å². The van der Waals surface area contributed by atoms with Crippen LogP contribution in [0.25, 0.3) is 0 Å². The van der Waals surface area contributed by atoms with E-state index in [1.165, 1.54) is 12.8 Å². The molecule has 0 aromatic carbocycles. The van der Waals surface area contributed by atoms with E-state index in [0.29, 0.717) is 11.4 Å². The molecule has 2 N–H and O–H groups in total. The predicted octanol–water partition coefficient (Wildman–Crippen LogP) is 2.01. The fourth-order valence-electron chi connectivity index (χ4n) is 0.723. The molecule has 0 spiro atoms. The van der Waals surface area contributed by atoms with Crippen molar-refractivity contribution in [2.24, 2.45) is 0 Å². The Balaban J connectivity index is 0. The second kappa shape index (κ2) is 9.88. The summed E-state index contributed by atoms with van der Waals surface area (Å²) < 4.78 is 0. The largest absolute Gasteiger partial charge is 2.00 e. The smallest absolute Gasteiger partial charge is 0.141 e. The Morgan fingerprint density at radius 3 is 2.45 bits per heavy atom. The monoisotopic (exact) mass is 210 g/mol. The molecular weight excluding hydrogens is 196 g/mol. The van der Waals surface area contributed by atoms with Crippen molar-refractivity contribution in [2.75, 3.05) is 6.54 Å².